The van der Waals surface area contributed by atoms with Gasteiger partial charge in [-0.1, -0.05) is 0 Å². The first kappa shape index (κ1) is 21.0. The molecule has 4 rings (SSSR count). The van der Waals surface area contributed by atoms with Gasteiger partial charge in [0.1, 0.15) is 30.0 Å². The van der Waals surface area contributed by atoms with Crippen LogP contribution in [-0.2, 0) is 9.47 Å². The molecule has 3 aromatic rings. The van der Waals surface area contributed by atoms with Crippen LogP contribution >= 0.6 is 0 Å². The number of fused-ring (bicyclic) bond motifs is 1. The Morgan fingerprint density at radius 1 is 1.03 bits per heavy atom. The second kappa shape index (κ2) is 8.49. The Morgan fingerprint density at radius 3 is 2.55 bits per heavy atom. The van der Waals surface area contributed by atoms with Gasteiger partial charge in [0.2, 0.25) is 0 Å². The Kier molecular flexibility index (Phi) is 5.75. The van der Waals surface area contributed by atoms with Crippen LogP contribution in [-0.4, -0.2) is 44.3 Å². The number of aromatic nitrogens is 1. The summed E-state index contributed by atoms with van der Waals surface area (Å²) in [4.78, 5) is 4.43. The first-order chi connectivity index (χ1) is 14.9. The Hall–Kier alpha value is -3.23. The largest absolute Gasteiger partial charge is 0.494 e. The van der Waals surface area contributed by atoms with E-state index in [9.17, 15) is 0 Å². The van der Waals surface area contributed by atoms with Gasteiger partial charge in [-0.2, -0.15) is 0 Å². The van der Waals surface area contributed by atoms with Crippen molar-refractivity contribution in [2.75, 3.05) is 33.2 Å². The Bertz CT molecular complexity index is 1090. The van der Waals surface area contributed by atoms with E-state index in [2.05, 4.69) is 4.98 Å². The van der Waals surface area contributed by atoms with Crippen molar-refractivity contribution >= 4 is 16.6 Å². The maximum atomic E-state index is 6.11. The van der Waals surface area contributed by atoms with Gasteiger partial charge in [-0.25, -0.2) is 0 Å². The summed E-state index contributed by atoms with van der Waals surface area (Å²) in [5.74, 6) is 2.29. The van der Waals surface area contributed by atoms with E-state index < -0.39 is 5.79 Å². The summed E-state index contributed by atoms with van der Waals surface area (Å²) < 4.78 is 34.3. The maximum absolute atomic E-state index is 6.11. The summed E-state index contributed by atoms with van der Waals surface area (Å²) in [5.41, 5.74) is 7.15. The highest BCUT2D eigenvalue weighted by Gasteiger charge is 2.33. The molecule has 2 heterocycles. The highest BCUT2D eigenvalue weighted by molar-refractivity contribution is 5.88. The molecule has 0 radical (unpaired) electrons. The molecule has 0 bridgehead atoms. The predicted octanol–water partition coefficient (Wildman–Crippen LogP) is 4.16. The quantitative estimate of drug-likeness (QED) is 0.563. The van der Waals surface area contributed by atoms with Crippen LogP contribution in [0.5, 0.6) is 28.7 Å². The van der Waals surface area contributed by atoms with Crippen molar-refractivity contribution in [1.82, 2.24) is 4.98 Å². The lowest BCUT2D eigenvalue weighted by molar-refractivity contribution is -0.141. The van der Waals surface area contributed by atoms with Gasteiger partial charge >= 0.3 is 0 Å². The summed E-state index contributed by atoms with van der Waals surface area (Å²) in [6.45, 7) is 4.56. The number of rotatable bonds is 7. The Labute approximate surface area is 180 Å². The lowest BCUT2D eigenvalue weighted by Crippen LogP contribution is -2.25. The standard InChI is InChI=1S/C23H26N2O6/c1-23(2)29-13-15(31-23)12-28-22-10-16-18(11-21(22)27-4)25-8-7-19(16)30-14-5-6-17(24)20(9-14)26-3/h5-11,15H,12-13,24H2,1-4H3. The fourth-order valence-electron chi connectivity index (χ4n) is 3.40. The van der Waals surface area contributed by atoms with E-state index in [1.165, 1.54) is 0 Å². The first-order valence-corrected chi connectivity index (χ1v) is 9.91. The van der Waals surface area contributed by atoms with Crippen molar-refractivity contribution in [1.29, 1.82) is 0 Å². The average molecular weight is 426 g/mol. The van der Waals surface area contributed by atoms with E-state index in [1.807, 2.05) is 26.0 Å². The van der Waals surface area contributed by atoms with Gasteiger partial charge in [-0.3, -0.25) is 4.98 Å². The molecule has 1 atom stereocenters. The molecule has 1 aliphatic heterocycles. The zero-order valence-electron chi connectivity index (χ0n) is 18.0. The molecule has 1 aliphatic rings. The van der Waals surface area contributed by atoms with Crippen LogP contribution in [0, 0.1) is 0 Å². The predicted molar refractivity (Wildman–Crippen MR) is 116 cm³/mol. The van der Waals surface area contributed by atoms with E-state index in [1.54, 1.807) is 44.7 Å². The van der Waals surface area contributed by atoms with Crippen molar-refractivity contribution in [2.45, 2.75) is 25.7 Å². The second-order valence-corrected chi connectivity index (χ2v) is 7.60. The summed E-state index contributed by atoms with van der Waals surface area (Å²) in [6, 6.07) is 10.7. The summed E-state index contributed by atoms with van der Waals surface area (Å²) in [7, 11) is 3.15. The molecular weight excluding hydrogens is 400 g/mol. The van der Waals surface area contributed by atoms with E-state index >= 15 is 0 Å². The Morgan fingerprint density at radius 2 is 1.84 bits per heavy atom. The number of methoxy groups -OCH3 is 2. The van der Waals surface area contributed by atoms with E-state index in [-0.39, 0.29) is 6.10 Å². The number of hydrogen-bond donors (Lipinski definition) is 1. The van der Waals surface area contributed by atoms with Crippen molar-refractivity contribution < 1.29 is 28.4 Å². The number of ether oxygens (including phenoxy) is 6. The molecule has 0 saturated carbocycles. The number of pyridine rings is 1. The highest BCUT2D eigenvalue weighted by Crippen LogP contribution is 2.38. The second-order valence-electron chi connectivity index (χ2n) is 7.60. The van der Waals surface area contributed by atoms with Gasteiger partial charge in [0.05, 0.1) is 32.0 Å². The summed E-state index contributed by atoms with van der Waals surface area (Å²) in [6.07, 6.45) is 1.51. The van der Waals surface area contributed by atoms with Crippen LogP contribution in [0.4, 0.5) is 5.69 Å². The molecule has 31 heavy (non-hydrogen) atoms. The van der Waals surface area contributed by atoms with Crippen LogP contribution in [0.3, 0.4) is 0 Å². The van der Waals surface area contributed by atoms with Gasteiger partial charge in [-0.15, -0.1) is 0 Å². The smallest absolute Gasteiger partial charge is 0.163 e. The monoisotopic (exact) mass is 426 g/mol. The molecule has 1 fully saturated rings. The van der Waals surface area contributed by atoms with Crippen molar-refractivity contribution in [3.05, 3.63) is 42.6 Å². The average Bonchev–Trinajstić information content (AvgIpc) is 3.11. The fraction of sp³-hybridized carbons (Fsp3) is 0.348. The molecule has 0 amide bonds. The van der Waals surface area contributed by atoms with Gasteiger partial charge in [0.15, 0.2) is 17.3 Å². The first-order valence-electron chi connectivity index (χ1n) is 9.91. The topological polar surface area (TPSA) is 94.3 Å². The van der Waals surface area contributed by atoms with Crippen molar-refractivity contribution in [2.24, 2.45) is 0 Å². The van der Waals surface area contributed by atoms with Crippen LogP contribution in [0.2, 0.25) is 0 Å². The zero-order chi connectivity index (χ0) is 22.0. The number of nitrogens with zero attached hydrogens (tertiary/aromatic N) is 1. The molecular formula is C23H26N2O6. The highest BCUT2D eigenvalue weighted by atomic mass is 16.7. The summed E-state index contributed by atoms with van der Waals surface area (Å²) in [5, 5.41) is 0.776. The minimum Gasteiger partial charge on any atom is -0.494 e. The lowest BCUT2D eigenvalue weighted by Gasteiger charge is -2.18. The molecule has 8 nitrogen and oxygen atoms in total. The van der Waals surface area contributed by atoms with Crippen molar-refractivity contribution in [3.63, 3.8) is 0 Å². The van der Waals surface area contributed by atoms with Crippen LogP contribution in [0.25, 0.3) is 10.9 Å². The van der Waals surface area contributed by atoms with Crippen LogP contribution in [0.1, 0.15) is 13.8 Å². The molecule has 2 N–H and O–H groups in total. The minimum absolute atomic E-state index is 0.165. The number of nitrogen functional groups attached to an aromatic ring is 1. The van der Waals surface area contributed by atoms with E-state index in [0.29, 0.717) is 53.2 Å². The van der Waals surface area contributed by atoms with Gasteiger partial charge < -0.3 is 34.2 Å². The molecule has 0 spiro atoms. The third-order valence-electron chi connectivity index (χ3n) is 4.91. The number of anilines is 1. The fourth-order valence-corrected chi connectivity index (χ4v) is 3.40. The molecule has 0 aliphatic carbocycles. The normalized spacial score (nSPS) is 17.5. The third kappa shape index (κ3) is 4.60. The number of benzene rings is 2. The zero-order valence-corrected chi connectivity index (χ0v) is 18.0. The maximum Gasteiger partial charge on any atom is 0.163 e. The Balaban J connectivity index is 1.62. The van der Waals surface area contributed by atoms with E-state index in [0.717, 1.165) is 5.39 Å². The molecule has 164 valence electrons. The summed E-state index contributed by atoms with van der Waals surface area (Å²) >= 11 is 0. The third-order valence-corrected chi connectivity index (χ3v) is 4.91. The molecule has 1 aromatic heterocycles. The van der Waals surface area contributed by atoms with Gasteiger partial charge in [0.25, 0.3) is 0 Å². The van der Waals surface area contributed by atoms with Crippen LogP contribution in [0.15, 0.2) is 42.6 Å². The molecule has 8 heteroatoms. The van der Waals surface area contributed by atoms with Gasteiger partial charge in [-0.05, 0) is 38.1 Å². The molecule has 1 unspecified atom stereocenters. The van der Waals surface area contributed by atoms with Crippen LogP contribution < -0.4 is 24.7 Å². The SMILES string of the molecule is COc1cc(Oc2ccnc3cc(OC)c(OCC4COC(C)(C)O4)cc23)ccc1N. The lowest BCUT2D eigenvalue weighted by atomic mass is 10.1. The number of hydrogen-bond acceptors (Lipinski definition) is 8. The molecule has 1 saturated heterocycles. The van der Waals surface area contributed by atoms with E-state index in [4.69, 9.17) is 34.2 Å². The molecule has 2 aromatic carbocycles. The number of nitrogens with two attached hydrogens (primary N) is 1. The van der Waals surface area contributed by atoms with Gasteiger partial charge in [0, 0.05) is 23.7 Å². The minimum atomic E-state index is -0.605. The van der Waals surface area contributed by atoms with Crippen molar-refractivity contribution in [3.8, 4) is 28.7 Å².